The minimum absolute atomic E-state index is 0.115. The van der Waals surface area contributed by atoms with Crippen molar-refractivity contribution < 1.29 is 35.8 Å². The number of alkyl halides is 3. The summed E-state index contributed by atoms with van der Waals surface area (Å²) in [6.45, 7) is 3.96. The van der Waals surface area contributed by atoms with Gasteiger partial charge in [0, 0.05) is 29.6 Å². The maximum atomic E-state index is 15.5. The van der Waals surface area contributed by atoms with Gasteiger partial charge in [-0.15, -0.1) is 0 Å². The molecule has 2 aromatic heterocycles. The molecule has 0 radical (unpaired) electrons. The molecule has 0 amide bonds. The van der Waals surface area contributed by atoms with Crippen LogP contribution in [0.25, 0.3) is 22.8 Å². The van der Waals surface area contributed by atoms with Gasteiger partial charge in [-0.25, -0.2) is 27.7 Å². The van der Waals surface area contributed by atoms with Gasteiger partial charge < -0.3 is 15.0 Å². The summed E-state index contributed by atoms with van der Waals surface area (Å²) >= 11 is 5.82. The zero-order chi connectivity index (χ0) is 30.0. The molecule has 0 saturated heterocycles. The molecule has 5 rings (SSSR count). The van der Waals surface area contributed by atoms with Crippen molar-refractivity contribution >= 4 is 33.1 Å². The van der Waals surface area contributed by atoms with Crippen molar-refractivity contribution in [2.24, 2.45) is 15.1 Å². The highest BCUT2D eigenvalue weighted by Crippen LogP contribution is 2.47. The molecule has 218 valence electrons. The van der Waals surface area contributed by atoms with Crippen LogP contribution in [-0.2, 0) is 24.8 Å². The third-order valence-electron chi connectivity index (χ3n) is 6.90. The van der Waals surface area contributed by atoms with Gasteiger partial charge in [0.15, 0.2) is 17.3 Å². The Labute approximate surface area is 236 Å². The van der Waals surface area contributed by atoms with E-state index in [0.29, 0.717) is 17.9 Å². The average Bonchev–Trinajstić information content (AvgIpc) is 3.57. The summed E-state index contributed by atoms with van der Waals surface area (Å²) in [6.07, 6.45) is -1.65. The largest absolute Gasteiger partial charge is 0.490 e. The zero-order valence-electron chi connectivity index (χ0n) is 21.8. The van der Waals surface area contributed by atoms with E-state index in [1.165, 1.54) is 51.4 Å². The van der Waals surface area contributed by atoms with Crippen LogP contribution in [0.4, 0.5) is 17.6 Å². The second kappa shape index (κ2) is 9.76. The number of benzene rings is 1. The number of hydrogen-bond donors (Lipinski definition) is 1. The highest BCUT2D eigenvalue weighted by atomic mass is 35.5. The van der Waals surface area contributed by atoms with Crippen LogP contribution in [0.3, 0.4) is 0 Å². The fourth-order valence-corrected chi connectivity index (χ4v) is 7.34. The number of carbonyl (C=O) groups is 1. The first-order valence-corrected chi connectivity index (χ1v) is 14.1. The van der Waals surface area contributed by atoms with Crippen molar-refractivity contribution in [3.8, 4) is 22.8 Å². The molecule has 0 bridgehead atoms. The lowest BCUT2D eigenvalue weighted by atomic mass is 9.90. The van der Waals surface area contributed by atoms with Gasteiger partial charge in [-0.3, -0.25) is 4.99 Å². The van der Waals surface area contributed by atoms with Crippen LogP contribution < -0.4 is 5.73 Å². The summed E-state index contributed by atoms with van der Waals surface area (Å²) in [5, 5.41) is 4.21. The van der Waals surface area contributed by atoms with Gasteiger partial charge in [-0.05, 0) is 51.8 Å². The van der Waals surface area contributed by atoms with Crippen LogP contribution in [0.1, 0.15) is 39.2 Å². The monoisotopic (exact) mass is 614 g/mol. The van der Waals surface area contributed by atoms with Crippen molar-refractivity contribution in [2.75, 3.05) is 0 Å². The number of nitrogens with two attached hydrogens (primary N) is 1. The second-order valence-corrected chi connectivity index (χ2v) is 13.5. The third kappa shape index (κ3) is 5.05. The first-order valence-electron chi connectivity index (χ1n) is 12.2. The summed E-state index contributed by atoms with van der Waals surface area (Å²) in [4.78, 5) is 24.6. The van der Waals surface area contributed by atoms with Crippen molar-refractivity contribution in [1.82, 2.24) is 15.1 Å². The van der Waals surface area contributed by atoms with Crippen molar-refractivity contribution in [1.29, 1.82) is 0 Å². The smallest absolute Gasteiger partial charge is 0.438 e. The van der Waals surface area contributed by atoms with Gasteiger partial charge in [0.2, 0.25) is 5.44 Å². The molecule has 1 aliphatic heterocycles. The third-order valence-corrected chi connectivity index (χ3v) is 10.5. The van der Waals surface area contributed by atoms with Gasteiger partial charge in [-0.2, -0.15) is 13.2 Å². The van der Waals surface area contributed by atoms with Gasteiger partial charge in [0.05, 0.1) is 11.1 Å². The van der Waals surface area contributed by atoms with E-state index in [-0.39, 0.29) is 34.2 Å². The van der Waals surface area contributed by atoms with E-state index in [1.54, 1.807) is 0 Å². The Balaban J connectivity index is 1.67. The lowest BCUT2D eigenvalue weighted by Gasteiger charge is -2.45. The molecule has 3 heterocycles. The Kier molecular flexibility index (Phi) is 6.88. The Bertz CT molecular complexity index is 1680. The average molecular weight is 615 g/mol. The summed E-state index contributed by atoms with van der Waals surface area (Å²) < 4.78 is 83.4. The first-order chi connectivity index (χ1) is 19.1. The molecule has 1 fully saturated rings. The maximum Gasteiger partial charge on any atom is 0.490 e. The molecule has 0 spiro atoms. The molecule has 2 N–H and O–H groups in total. The molecule has 1 unspecified atom stereocenters. The lowest BCUT2D eigenvalue weighted by molar-refractivity contribution is -0.203. The summed E-state index contributed by atoms with van der Waals surface area (Å²) in [5.74, 6) is -3.50. The SMILES string of the molecule is CC1(C)C(N)=N[C@](C)(c2cc(-c3cc(-c4ncc(Cl)cn4)no3)ccc2F)C(OC(=O)C(F)(F)F)[S@]1(=O)=NC1CC1. The lowest BCUT2D eigenvalue weighted by Crippen LogP contribution is -2.61. The predicted molar refractivity (Wildman–Crippen MR) is 141 cm³/mol. The van der Waals surface area contributed by atoms with Gasteiger partial charge >= 0.3 is 12.1 Å². The van der Waals surface area contributed by atoms with Crippen molar-refractivity contribution in [2.45, 2.75) is 61.6 Å². The molecule has 2 aliphatic rings. The molecule has 3 atom stereocenters. The fourth-order valence-electron chi connectivity index (χ4n) is 4.31. The van der Waals surface area contributed by atoms with Crippen LogP contribution in [0.5, 0.6) is 0 Å². The number of amidine groups is 1. The predicted octanol–water partition coefficient (Wildman–Crippen LogP) is 5.02. The van der Waals surface area contributed by atoms with E-state index in [9.17, 15) is 22.2 Å². The van der Waals surface area contributed by atoms with E-state index in [2.05, 4.69) is 24.5 Å². The second-order valence-electron chi connectivity index (χ2n) is 10.3. The number of hydrogen-bond acceptors (Lipinski definition) is 10. The van der Waals surface area contributed by atoms with E-state index < -0.39 is 49.5 Å². The van der Waals surface area contributed by atoms with E-state index in [1.807, 2.05) is 0 Å². The van der Waals surface area contributed by atoms with E-state index >= 15 is 4.39 Å². The number of ether oxygens (including phenoxy) is 1. The first kappa shape index (κ1) is 28.9. The summed E-state index contributed by atoms with van der Waals surface area (Å²) in [6, 6.07) is 4.59. The molecular formula is C25H23ClF4N6O4S. The van der Waals surface area contributed by atoms with Crippen molar-refractivity contribution in [3.63, 3.8) is 0 Å². The van der Waals surface area contributed by atoms with Crippen LogP contribution in [0.15, 0.2) is 50.5 Å². The van der Waals surface area contributed by atoms with Gasteiger partial charge in [0.1, 0.15) is 31.7 Å². The highest BCUT2D eigenvalue weighted by molar-refractivity contribution is 7.96. The molecule has 10 nitrogen and oxygen atoms in total. The Morgan fingerprint density at radius 2 is 1.85 bits per heavy atom. The zero-order valence-corrected chi connectivity index (χ0v) is 23.3. The number of rotatable bonds is 5. The van der Waals surface area contributed by atoms with Gasteiger partial charge in [0.25, 0.3) is 0 Å². The molecule has 41 heavy (non-hydrogen) atoms. The molecular weight excluding hydrogens is 592 g/mol. The number of aliphatic imine (C=N–C) groups is 1. The molecule has 1 saturated carbocycles. The van der Waals surface area contributed by atoms with Crippen molar-refractivity contribution in [3.05, 3.63) is 53.1 Å². The molecule has 16 heteroatoms. The number of halogens is 5. The highest BCUT2D eigenvalue weighted by Gasteiger charge is 2.60. The topological polar surface area (TPSA) is 146 Å². The normalized spacial score (nSPS) is 25.9. The number of esters is 1. The van der Waals surface area contributed by atoms with E-state index in [4.69, 9.17) is 26.6 Å². The Hall–Kier alpha value is -3.59. The Morgan fingerprint density at radius 1 is 1.20 bits per heavy atom. The quantitative estimate of drug-likeness (QED) is 0.311. The maximum absolute atomic E-state index is 15.5. The van der Waals surface area contributed by atoms with Crippen LogP contribution in [0.2, 0.25) is 5.02 Å². The minimum Gasteiger partial charge on any atom is -0.438 e. The minimum atomic E-state index is -5.43. The molecule has 1 aromatic carbocycles. The van der Waals surface area contributed by atoms with E-state index in [0.717, 1.165) is 6.07 Å². The number of nitrogens with zero attached hydrogens (tertiary/aromatic N) is 5. The van der Waals surface area contributed by atoms with Gasteiger partial charge in [-0.1, -0.05) is 16.8 Å². The number of aromatic nitrogens is 3. The van der Waals surface area contributed by atoms with Crippen LogP contribution in [0, 0.1) is 5.82 Å². The number of carbonyl (C=O) groups excluding carboxylic acids is 1. The molecule has 1 aliphatic carbocycles. The standard InChI is InChI=1S/C25H23ClF4N6O4S/c1-23(2)20(31)34-24(3,22(39-21(37)25(28,29)30)41(23,38)36-14-5-6-14)15-8-12(4-7-16(15)27)18-9-17(35-40-18)19-32-10-13(26)11-33-19/h4,7-11,14,22H,5-6H2,1-3H3,(H2,31,34)/t22?,24-,41-/m1/s1. The molecule has 3 aromatic rings. The fraction of sp³-hybridized carbons (Fsp3) is 0.400. The Morgan fingerprint density at radius 3 is 2.46 bits per heavy atom. The summed E-state index contributed by atoms with van der Waals surface area (Å²) in [5.41, 5.74) is 1.99. The van der Waals surface area contributed by atoms with Crippen LogP contribution >= 0.6 is 11.6 Å². The summed E-state index contributed by atoms with van der Waals surface area (Å²) in [7, 11) is -3.94. The van der Waals surface area contributed by atoms with Crippen LogP contribution in [-0.4, -0.2) is 53.5 Å².